The Balaban J connectivity index is 2.49. The number of hydrogen-bond acceptors (Lipinski definition) is 3. The summed E-state index contributed by atoms with van der Waals surface area (Å²) in [5, 5.41) is 0. The molecular formula is C14H20FNO2. The minimum Gasteiger partial charge on any atom is -0.493 e. The summed E-state index contributed by atoms with van der Waals surface area (Å²) in [6.07, 6.45) is 4.42. The highest BCUT2D eigenvalue weighted by atomic mass is 19.1. The Bertz CT molecular complexity index is 393. The molecule has 1 aromatic carbocycles. The first-order valence-corrected chi connectivity index (χ1v) is 6.34. The van der Waals surface area contributed by atoms with E-state index in [0.717, 1.165) is 12.8 Å². The molecule has 1 aromatic rings. The number of rotatable bonds is 8. The van der Waals surface area contributed by atoms with Crippen LogP contribution >= 0.6 is 0 Å². The summed E-state index contributed by atoms with van der Waals surface area (Å²) in [7, 11) is 0. The number of benzene rings is 1. The van der Waals surface area contributed by atoms with E-state index >= 15 is 0 Å². The van der Waals surface area contributed by atoms with Crippen LogP contribution in [-0.4, -0.2) is 18.9 Å². The van der Waals surface area contributed by atoms with Crippen LogP contribution in [0.2, 0.25) is 0 Å². The second-order valence-electron chi connectivity index (χ2n) is 4.18. The van der Waals surface area contributed by atoms with E-state index in [2.05, 4.69) is 6.92 Å². The zero-order valence-electron chi connectivity index (χ0n) is 10.7. The molecule has 0 aliphatic heterocycles. The number of Topliss-reactive ketones (excluding diaryl/α,β-unsaturated/α-hetero) is 1. The van der Waals surface area contributed by atoms with E-state index in [0.29, 0.717) is 12.4 Å². The summed E-state index contributed by atoms with van der Waals surface area (Å²) >= 11 is 0. The topological polar surface area (TPSA) is 52.3 Å². The third-order valence-electron chi connectivity index (χ3n) is 2.69. The van der Waals surface area contributed by atoms with Crippen molar-refractivity contribution >= 4 is 5.78 Å². The van der Waals surface area contributed by atoms with Gasteiger partial charge in [-0.15, -0.1) is 0 Å². The maximum Gasteiger partial charge on any atom is 0.179 e. The highest BCUT2D eigenvalue weighted by molar-refractivity contribution is 5.97. The van der Waals surface area contributed by atoms with Crippen LogP contribution in [0, 0.1) is 5.82 Å². The normalized spacial score (nSPS) is 10.4. The Morgan fingerprint density at radius 1 is 1.33 bits per heavy atom. The van der Waals surface area contributed by atoms with Crippen molar-refractivity contribution in [3.05, 3.63) is 29.6 Å². The van der Waals surface area contributed by atoms with Crippen molar-refractivity contribution in [3.8, 4) is 5.75 Å². The summed E-state index contributed by atoms with van der Waals surface area (Å²) in [4.78, 5) is 11.3. The fourth-order valence-electron chi connectivity index (χ4n) is 1.64. The summed E-state index contributed by atoms with van der Waals surface area (Å²) in [5.74, 6) is -0.518. The molecule has 4 heteroatoms. The molecule has 100 valence electrons. The Kier molecular flexibility index (Phi) is 6.36. The Labute approximate surface area is 107 Å². The number of halogens is 1. The smallest absolute Gasteiger partial charge is 0.179 e. The molecule has 18 heavy (non-hydrogen) atoms. The molecule has 0 radical (unpaired) electrons. The largest absolute Gasteiger partial charge is 0.493 e. The second-order valence-corrected chi connectivity index (χ2v) is 4.18. The maximum atomic E-state index is 13.6. The van der Waals surface area contributed by atoms with E-state index in [1.165, 1.54) is 25.0 Å². The van der Waals surface area contributed by atoms with Gasteiger partial charge in [-0.25, -0.2) is 4.39 Å². The van der Waals surface area contributed by atoms with Gasteiger partial charge >= 0.3 is 0 Å². The average molecular weight is 253 g/mol. The minimum absolute atomic E-state index is 0.0239. The maximum absolute atomic E-state index is 13.6. The lowest BCUT2D eigenvalue weighted by atomic mass is 10.1. The van der Waals surface area contributed by atoms with Crippen LogP contribution in [0.1, 0.15) is 43.0 Å². The SMILES string of the molecule is CCCCCCOc1ccc(C(=O)CN)c(F)c1. The molecule has 0 fully saturated rings. The van der Waals surface area contributed by atoms with Crippen molar-refractivity contribution in [1.29, 1.82) is 0 Å². The summed E-state index contributed by atoms with van der Waals surface area (Å²) in [6, 6.07) is 4.26. The van der Waals surface area contributed by atoms with Gasteiger partial charge in [-0.3, -0.25) is 4.79 Å². The monoisotopic (exact) mass is 253 g/mol. The fraction of sp³-hybridized carbons (Fsp3) is 0.500. The Morgan fingerprint density at radius 3 is 2.72 bits per heavy atom. The number of hydrogen-bond donors (Lipinski definition) is 1. The number of ether oxygens (including phenoxy) is 1. The average Bonchev–Trinajstić information content (AvgIpc) is 2.38. The molecule has 0 atom stereocenters. The lowest BCUT2D eigenvalue weighted by molar-refractivity contribution is 0.0997. The first-order chi connectivity index (χ1) is 8.69. The summed E-state index contributed by atoms with van der Waals surface area (Å²) < 4.78 is 19.0. The molecule has 2 N–H and O–H groups in total. The van der Waals surface area contributed by atoms with Gasteiger partial charge < -0.3 is 10.5 Å². The van der Waals surface area contributed by atoms with Crippen molar-refractivity contribution in [1.82, 2.24) is 0 Å². The van der Waals surface area contributed by atoms with E-state index in [1.54, 1.807) is 6.07 Å². The van der Waals surface area contributed by atoms with E-state index in [4.69, 9.17) is 10.5 Å². The molecule has 0 bridgehead atoms. The first-order valence-electron chi connectivity index (χ1n) is 6.34. The molecule has 0 aliphatic rings. The molecule has 0 heterocycles. The molecule has 0 aromatic heterocycles. The highest BCUT2D eigenvalue weighted by Gasteiger charge is 2.10. The molecule has 0 spiro atoms. The van der Waals surface area contributed by atoms with Crippen LogP contribution in [0.5, 0.6) is 5.75 Å². The quantitative estimate of drug-likeness (QED) is 0.572. The number of carbonyl (C=O) groups excluding carboxylic acids is 1. The molecule has 0 aliphatic carbocycles. The van der Waals surface area contributed by atoms with Crippen molar-refractivity contribution in [2.45, 2.75) is 32.6 Å². The summed E-state index contributed by atoms with van der Waals surface area (Å²) in [6.45, 7) is 2.53. The van der Waals surface area contributed by atoms with E-state index in [1.807, 2.05) is 0 Å². The predicted octanol–water partition coefficient (Wildman–Crippen LogP) is 2.93. The first kappa shape index (κ1) is 14.6. The van der Waals surface area contributed by atoms with Crippen molar-refractivity contribution < 1.29 is 13.9 Å². The van der Waals surface area contributed by atoms with Crippen LogP contribution in [0.25, 0.3) is 0 Å². The molecule has 0 unspecified atom stereocenters. The number of ketones is 1. The van der Waals surface area contributed by atoms with Gasteiger partial charge in [-0.05, 0) is 18.6 Å². The van der Waals surface area contributed by atoms with Gasteiger partial charge in [0.1, 0.15) is 11.6 Å². The zero-order valence-corrected chi connectivity index (χ0v) is 10.7. The van der Waals surface area contributed by atoms with Crippen LogP contribution in [0.4, 0.5) is 4.39 Å². The fourth-order valence-corrected chi connectivity index (χ4v) is 1.64. The molecule has 3 nitrogen and oxygen atoms in total. The van der Waals surface area contributed by atoms with Gasteiger partial charge in [0.2, 0.25) is 0 Å². The van der Waals surface area contributed by atoms with Crippen molar-refractivity contribution in [2.24, 2.45) is 5.73 Å². The second kappa shape index (κ2) is 7.82. The molecule has 0 saturated heterocycles. The molecule has 0 amide bonds. The zero-order chi connectivity index (χ0) is 13.4. The number of carbonyl (C=O) groups is 1. The molecular weight excluding hydrogens is 233 g/mol. The van der Waals surface area contributed by atoms with Crippen molar-refractivity contribution in [3.63, 3.8) is 0 Å². The van der Waals surface area contributed by atoms with Crippen LogP contribution < -0.4 is 10.5 Å². The van der Waals surface area contributed by atoms with Gasteiger partial charge in [-0.2, -0.15) is 0 Å². The Morgan fingerprint density at radius 2 is 2.11 bits per heavy atom. The van der Waals surface area contributed by atoms with E-state index in [-0.39, 0.29) is 12.1 Å². The van der Waals surface area contributed by atoms with Gasteiger partial charge in [0.05, 0.1) is 18.7 Å². The standard InChI is InChI=1S/C14H20FNO2/c1-2-3-4-5-8-18-11-6-7-12(13(15)9-11)14(17)10-16/h6-7,9H,2-5,8,10,16H2,1H3. The molecule has 1 rings (SSSR count). The van der Waals surface area contributed by atoms with Gasteiger partial charge in [0.25, 0.3) is 0 Å². The third kappa shape index (κ3) is 4.45. The van der Waals surface area contributed by atoms with Crippen LogP contribution in [0.15, 0.2) is 18.2 Å². The lowest BCUT2D eigenvalue weighted by Crippen LogP contribution is -2.15. The highest BCUT2D eigenvalue weighted by Crippen LogP contribution is 2.17. The Hall–Kier alpha value is -1.42. The van der Waals surface area contributed by atoms with Crippen LogP contribution in [0.3, 0.4) is 0 Å². The predicted molar refractivity (Wildman–Crippen MR) is 69.4 cm³/mol. The van der Waals surface area contributed by atoms with Gasteiger partial charge in [-0.1, -0.05) is 26.2 Å². The van der Waals surface area contributed by atoms with Gasteiger partial charge in [0, 0.05) is 6.07 Å². The lowest BCUT2D eigenvalue weighted by Gasteiger charge is -2.07. The third-order valence-corrected chi connectivity index (χ3v) is 2.69. The van der Waals surface area contributed by atoms with Crippen LogP contribution in [-0.2, 0) is 0 Å². The summed E-state index contributed by atoms with van der Waals surface area (Å²) in [5.41, 5.74) is 5.21. The number of nitrogens with two attached hydrogens (primary N) is 1. The van der Waals surface area contributed by atoms with E-state index < -0.39 is 11.6 Å². The van der Waals surface area contributed by atoms with Crippen molar-refractivity contribution in [2.75, 3.05) is 13.2 Å². The van der Waals surface area contributed by atoms with Gasteiger partial charge in [0.15, 0.2) is 5.78 Å². The number of unbranched alkanes of at least 4 members (excludes halogenated alkanes) is 3. The van der Waals surface area contributed by atoms with E-state index in [9.17, 15) is 9.18 Å². The molecule has 0 saturated carbocycles. The minimum atomic E-state index is -0.573.